The highest BCUT2D eigenvalue weighted by molar-refractivity contribution is 7.14. The number of hydrogen-bond acceptors (Lipinski definition) is 4. The third kappa shape index (κ3) is 1.60. The Hall–Kier alpha value is -1.13. The number of aromatic nitrogens is 1. The lowest BCUT2D eigenvalue weighted by molar-refractivity contribution is 0.590. The topological polar surface area (TPSA) is 28.2 Å². The molecule has 1 saturated heterocycles. The summed E-state index contributed by atoms with van der Waals surface area (Å²) in [7, 11) is 0. The van der Waals surface area contributed by atoms with E-state index < -0.39 is 0 Å². The van der Waals surface area contributed by atoms with Gasteiger partial charge >= 0.3 is 0 Å². The molecule has 1 fully saturated rings. The van der Waals surface area contributed by atoms with Crippen LogP contribution in [0.4, 0.5) is 5.69 Å². The Balaban J connectivity index is 2.05. The first-order chi connectivity index (χ1) is 7.45. The molecule has 2 heterocycles. The summed E-state index contributed by atoms with van der Waals surface area (Å²) in [5, 5.41) is 4.63. The van der Waals surface area contributed by atoms with E-state index in [0.29, 0.717) is 0 Å². The van der Waals surface area contributed by atoms with Crippen molar-refractivity contribution < 1.29 is 0 Å². The van der Waals surface area contributed by atoms with Crippen molar-refractivity contribution in [1.82, 2.24) is 9.69 Å². The van der Waals surface area contributed by atoms with Gasteiger partial charge < -0.3 is 10.2 Å². The lowest BCUT2D eigenvalue weighted by Gasteiger charge is -2.29. The molecule has 0 spiro atoms. The minimum absolute atomic E-state index is 1.08. The van der Waals surface area contributed by atoms with Crippen LogP contribution in [0.1, 0.15) is 0 Å². The maximum Gasteiger partial charge on any atom is 0.0783 e. The Labute approximate surface area is 92.9 Å². The van der Waals surface area contributed by atoms with Gasteiger partial charge in [-0.15, -0.1) is 0 Å². The van der Waals surface area contributed by atoms with Crippen LogP contribution in [0.5, 0.6) is 0 Å². The maximum absolute atomic E-state index is 4.26. The lowest BCUT2D eigenvalue weighted by atomic mass is 10.2. The third-order valence-electron chi connectivity index (χ3n) is 2.82. The van der Waals surface area contributed by atoms with Gasteiger partial charge in [-0.3, -0.25) is 0 Å². The molecule has 0 amide bonds. The van der Waals surface area contributed by atoms with Crippen molar-refractivity contribution in [1.29, 1.82) is 0 Å². The Morgan fingerprint density at radius 2 is 2.13 bits per heavy atom. The second-order valence-corrected chi connectivity index (χ2v) is 4.56. The zero-order valence-electron chi connectivity index (χ0n) is 8.44. The van der Waals surface area contributed by atoms with Crippen molar-refractivity contribution in [2.24, 2.45) is 0 Å². The van der Waals surface area contributed by atoms with Crippen molar-refractivity contribution in [3.8, 4) is 0 Å². The first kappa shape index (κ1) is 9.12. The summed E-state index contributed by atoms with van der Waals surface area (Å²) >= 11 is 1.60. The first-order valence-electron chi connectivity index (χ1n) is 5.24. The molecule has 2 aromatic rings. The Bertz CT molecular complexity index is 460. The Kier molecular flexibility index (Phi) is 2.31. The van der Waals surface area contributed by atoms with E-state index >= 15 is 0 Å². The number of anilines is 1. The molecular formula is C11H13N3S. The van der Waals surface area contributed by atoms with Gasteiger partial charge in [-0.2, -0.15) is 4.37 Å². The number of benzene rings is 1. The zero-order valence-corrected chi connectivity index (χ0v) is 9.26. The molecule has 0 aliphatic carbocycles. The van der Waals surface area contributed by atoms with E-state index in [9.17, 15) is 0 Å². The van der Waals surface area contributed by atoms with Gasteiger partial charge in [0.1, 0.15) is 0 Å². The SMILES string of the molecule is c1cc(N2CCNCC2)c2sncc2c1. The van der Waals surface area contributed by atoms with Crippen LogP contribution in [0.2, 0.25) is 0 Å². The summed E-state index contributed by atoms with van der Waals surface area (Å²) in [5.41, 5.74) is 1.34. The summed E-state index contributed by atoms with van der Waals surface area (Å²) in [6.45, 7) is 4.35. The highest BCUT2D eigenvalue weighted by Crippen LogP contribution is 2.29. The van der Waals surface area contributed by atoms with Gasteiger partial charge in [-0.25, -0.2) is 0 Å². The lowest BCUT2D eigenvalue weighted by Crippen LogP contribution is -2.43. The molecule has 1 aliphatic rings. The molecule has 78 valence electrons. The van der Waals surface area contributed by atoms with Crippen molar-refractivity contribution in [2.75, 3.05) is 31.1 Å². The van der Waals surface area contributed by atoms with Crippen LogP contribution in [0.25, 0.3) is 10.1 Å². The fraction of sp³-hybridized carbons (Fsp3) is 0.364. The monoisotopic (exact) mass is 219 g/mol. The molecule has 0 atom stereocenters. The first-order valence-corrected chi connectivity index (χ1v) is 6.01. The number of fused-ring (bicyclic) bond motifs is 1. The van der Waals surface area contributed by atoms with Crippen LogP contribution >= 0.6 is 11.5 Å². The molecule has 1 aromatic carbocycles. The van der Waals surface area contributed by atoms with Crippen LogP contribution in [-0.4, -0.2) is 30.6 Å². The molecule has 1 aliphatic heterocycles. The van der Waals surface area contributed by atoms with Crippen molar-refractivity contribution in [2.45, 2.75) is 0 Å². The van der Waals surface area contributed by atoms with Crippen LogP contribution in [-0.2, 0) is 0 Å². The molecule has 0 bridgehead atoms. The summed E-state index contributed by atoms with van der Waals surface area (Å²) in [4.78, 5) is 2.44. The molecular weight excluding hydrogens is 206 g/mol. The molecule has 0 unspecified atom stereocenters. The van der Waals surface area contributed by atoms with E-state index in [1.165, 1.54) is 15.8 Å². The molecule has 15 heavy (non-hydrogen) atoms. The van der Waals surface area contributed by atoms with E-state index in [4.69, 9.17) is 0 Å². The summed E-state index contributed by atoms with van der Waals surface area (Å²) in [6.07, 6.45) is 1.95. The van der Waals surface area contributed by atoms with Gasteiger partial charge in [0.25, 0.3) is 0 Å². The quantitative estimate of drug-likeness (QED) is 0.791. The molecule has 3 nitrogen and oxygen atoms in total. The molecule has 4 heteroatoms. The minimum atomic E-state index is 1.08. The fourth-order valence-corrected chi connectivity index (χ4v) is 2.82. The van der Waals surface area contributed by atoms with E-state index in [-0.39, 0.29) is 0 Å². The predicted octanol–water partition coefficient (Wildman–Crippen LogP) is 1.71. The van der Waals surface area contributed by atoms with Crippen molar-refractivity contribution in [3.63, 3.8) is 0 Å². The molecule has 1 aromatic heterocycles. The summed E-state index contributed by atoms with van der Waals surface area (Å²) in [6, 6.07) is 6.45. The van der Waals surface area contributed by atoms with Gasteiger partial charge in [-0.1, -0.05) is 12.1 Å². The van der Waals surface area contributed by atoms with Crippen LogP contribution < -0.4 is 10.2 Å². The maximum atomic E-state index is 4.26. The van der Waals surface area contributed by atoms with Gasteiger partial charge in [0.2, 0.25) is 0 Å². The fourth-order valence-electron chi connectivity index (χ4n) is 2.03. The van der Waals surface area contributed by atoms with Crippen molar-refractivity contribution in [3.05, 3.63) is 24.4 Å². The Morgan fingerprint density at radius 3 is 3.00 bits per heavy atom. The van der Waals surface area contributed by atoms with Crippen LogP contribution in [0, 0.1) is 0 Å². The van der Waals surface area contributed by atoms with Crippen LogP contribution in [0.15, 0.2) is 24.4 Å². The van der Waals surface area contributed by atoms with E-state index in [0.717, 1.165) is 26.2 Å². The smallest absolute Gasteiger partial charge is 0.0783 e. The number of piperazine rings is 1. The molecule has 0 radical (unpaired) electrons. The Morgan fingerprint density at radius 1 is 1.27 bits per heavy atom. The average Bonchev–Trinajstić information content (AvgIpc) is 2.78. The third-order valence-corrected chi connectivity index (χ3v) is 3.66. The highest BCUT2D eigenvalue weighted by atomic mass is 32.1. The van der Waals surface area contributed by atoms with Crippen molar-refractivity contribution >= 4 is 27.3 Å². The normalized spacial score (nSPS) is 17.2. The summed E-state index contributed by atoms with van der Waals surface area (Å²) in [5.74, 6) is 0. The largest absolute Gasteiger partial charge is 0.368 e. The molecule has 3 rings (SSSR count). The van der Waals surface area contributed by atoms with E-state index in [1.54, 1.807) is 11.5 Å². The van der Waals surface area contributed by atoms with Crippen LogP contribution in [0.3, 0.4) is 0 Å². The second kappa shape index (κ2) is 3.79. The number of nitrogens with one attached hydrogen (secondary N) is 1. The highest BCUT2D eigenvalue weighted by Gasteiger charge is 2.13. The molecule has 0 saturated carbocycles. The predicted molar refractivity (Wildman–Crippen MR) is 64.7 cm³/mol. The van der Waals surface area contributed by atoms with Gasteiger partial charge in [-0.05, 0) is 17.6 Å². The standard InChI is InChI=1S/C11H13N3S/c1-2-9-8-13-15-11(9)10(3-1)14-6-4-12-5-7-14/h1-3,8,12H,4-7H2. The minimum Gasteiger partial charge on any atom is -0.368 e. The average molecular weight is 219 g/mol. The van der Waals surface area contributed by atoms with Gasteiger partial charge in [0.05, 0.1) is 10.4 Å². The summed E-state index contributed by atoms with van der Waals surface area (Å²) < 4.78 is 5.58. The number of rotatable bonds is 1. The number of nitrogens with zero attached hydrogens (tertiary/aromatic N) is 2. The van der Waals surface area contributed by atoms with E-state index in [1.807, 2.05) is 6.20 Å². The van der Waals surface area contributed by atoms with Gasteiger partial charge in [0, 0.05) is 37.8 Å². The molecule has 1 N–H and O–H groups in total. The van der Waals surface area contributed by atoms with Gasteiger partial charge in [0.15, 0.2) is 0 Å². The van der Waals surface area contributed by atoms with E-state index in [2.05, 4.69) is 32.8 Å². The second-order valence-electron chi connectivity index (χ2n) is 3.76. The zero-order chi connectivity index (χ0) is 10.1. The number of hydrogen-bond donors (Lipinski definition) is 1.